The van der Waals surface area contributed by atoms with Crippen LogP contribution in [-0.4, -0.2) is 68.5 Å². The van der Waals surface area contributed by atoms with E-state index in [4.69, 9.17) is 27.9 Å². The zero-order valence-corrected chi connectivity index (χ0v) is 18.9. The number of benzene rings is 1. The highest BCUT2D eigenvalue weighted by molar-refractivity contribution is 7.89. The quantitative estimate of drug-likeness (QED) is 0.696. The molecular formula is C18H25Cl2N3O5S. The first-order valence-electron chi connectivity index (χ1n) is 9.25. The number of rotatable bonds is 6. The van der Waals surface area contributed by atoms with Crippen molar-refractivity contribution in [2.45, 2.75) is 31.7 Å². The number of amides is 2. The number of hydrogen-bond acceptors (Lipinski definition) is 5. The highest BCUT2D eigenvalue weighted by atomic mass is 35.5. The molecule has 1 aliphatic heterocycles. The number of carbonyl (C=O) groups excluding carboxylic acids is 2. The minimum Gasteiger partial charge on any atom is -0.450 e. The summed E-state index contributed by atoms with van der Waals surface area (Å²) in [5, 5.41) is 2.68. The number of sulfonamides is 1. The molecule has 29 heavy (non-hydrogen) atoms. The first-order valence-corrected chi connectivity index (χ1v) is 11.5. The molecule has 1 unspecified atom stereocenters. The molecule has 1 N–H and O–H groups in total. The normalized spacial score (nSPS) is 16.6. The van der Waals surface area contributed by atoms with Gasteiger partial charge in [-0.05, 0) is 25.0 Å². The summed E-state index contributed by atoms with van der Waals surface area (Å²) in [5.41, 5.74) is 0. The average molecular weight is 466 g/mol. The number of hydrogen-bond donors (Lipinski definition) is 1. The first-order chi connectivity index (χ1) is 13.6. The second-order valence-corrected chi connectivity index (χ2v) is 9.56. The molecule has 0 radical (unpaired) electrons. The first kappa shape index (κ1) is 23.7. The Morgan fingerprint density at radius 3 is 2.17 bits per heavy atom. The molecule has 8 nitrogen and oxygen atoms in total. The smallest absolute Gasteiger partial charge is 0.407 e. The number of nitrogens with zero attached hydrogens (tertiary/aromatic N) is 2. The Balaban J connectivity index is 2.09. The fraction of sp³-hybridized carbons (Fsp3) is 0.556. The highest BCUT2D eigenvalue weighted by Crippen LogP contribution is 2.31. The van der Waals surface area contributed by atoms with Gasteiger partial charge in [0.1, 0.15) is 10.9 Å². The molecular weight excluding hydrogens is 441 g/mol. The molecule has 1 saturated heterocycles. The molecule has 2 rings (SSSR count). The average Bonchev–Trinajstić information content (AvgIpc) is 2.65. The fourth-order valence-electron chi connectivity index (χ4n) is 3.02. The van der Waals surface area contributed by atoms with E-state index in [2.05, 4.69) is 5.32 Å². The molecule has 0 spiro atoms. The van der Waals surface area contributed by atoms with Crippen LogP contribution in [0.5, 0.6) is 0 Å². The lowest BCUT2D eigenvalue weighted by Crippen LogP contribution is -2.57. The van der Waals surface area contributed by atoms with Gasteiger partial charge in [0.25, 0.3) is 0 Å². The molecule has 11 heteroatoms. The maximum atomic E-state index is 12.9. The molecule has 2 amide bonds. The van der Waals surface area contributed by atoms with E-state index in [0.29, 0.717) is 0 Å². The van der Waals surface area contributed by atoms with E-state index < -0.39 is 22.2 Å². The molecule has 0 aliphatic carbocycles. The third kappa shape index (κ3) is 5.53. The highest BCUT2D eigenvalue weighted by Gasteiger charge is 2.35. The summed E-state index contributed by atoms with van der Waals surface area (Å²) >= 11 is 12.1. The molecule has 1 atom stereocenters. The Morgan fingerprint density at radius 1 is 1.14 bits per heavy atom. The van der Waals surface area contributed by atoms with E-state index in [0.717, 1.165) is 0 Å². The number of alkyl carbamates (subject to hydrolysis) is 1. The van der Waals surface area contributed by atoms with Gasteiger partial charge in [0.15, 0.2) is 0 Å². The van der Waals surface area contributed by atoms with Gasteiger partial charge in [0.2, 0.25) is 15.9 Å². The number of piperazine rings is 1. The number of nitrogens with one attached hydrogen (secondary N) is 1. The predicted octanol–water partition coefficient (Wildman–Crippen LogP) is 2.60. The Bertz CT molecular complexity index is 835. The largest absolute Gasteiger partial charge is 0.450 e. The summed E-state index contributed by atoms with van der Waals surface area (Å²) in [6, 6.07) is 3.75. The zero-order chi connectivity index (χ0) is 21.8. The van der Waals surface area contributed by atoms with Gasteiger partial charge in [-0.2, -0.15) is 4.31 Å². The van der Waals surface area contributed by atoms with Crippen LogP contribution < -0.4 is 5.32 Å². The molecule has 0 saturated carbocycles. The van der Waals surface area contributed by atoms with Gasteiger partial charge in [-0.25, -0.2) is 13.2 Å². The lowest BCUT2D eigenvalue weighted by molar-refractivity contribution is -0.135. The third-order valence-corrected chi connectivity index (χ3v) is 7.40. The maximum Gasteiger partial charge on any atom is 0.407 e. The Kier molecular flexibility index (Phi) is 8.16. The lowest BCUT2D eigenvalue weighted by atomic mass is 10.0. The van der Waals surface area contributed by atoms with Crippen molar-refractivity contribution in [3.63, 3.8) is 0 Å². The lowest BCUT2D eigenvalue weighted by Gasteiger charge is -2.36. The van der Waals surface area contributed by atoms with Crippen LogP contribution in [0.15, 0.2) is 23.1 Å². The molecule has 1 fully saturated rings. The molecule has 0 bridgehead atoms. The van der Waals surface area contributed by atoms with Crippen LogP contribution in [0.25, 0.3) is 0 Å². The van der Waals surface area contributed by atoms with Gasteiger partial charge in [0, 0.05) is 26.2 Å². The topological polar surface area (TPSA) is 96.0 Å². The van der Waals surface area contributed by atoms with Gasteiger partial charge < -0.3 is 15.0 Å². The second kappa shape index (κ2) is 9.97. The van der Waals surface area contributed by atoms with Crippen molar-refractivity contribution in [1.82, 2.24) is 14.5 Å². The summed E-state index contributed by atoms with van der Waals surface area (Å²) in [6.07, 6.45) is -0.658. The number of halogens is 2. The third-order valence-electron chi connectivity index (χ3n) is 4.55. The molecule has 0 aromatic heterocycles. The van der Waals surface area contributed by atoms with Crippen LogP contribution in [0.1, 0.15) is 20.8 Å². The summed E-state index contributed by atoms with van der Waals surface area (Å²) in [4.78, 5) is 26.0. The number of carbonyl (C=O) groups is 2. The van der Waals surface area contributed by atoms with Crippen molar-refractivity contribution in [2.24, 2.45) is 5.92 Å². The van der Waals surface area contributed by atoms with E-state index in [1.54, 1.807) is 13.0 Å². The van der Waals surface area contributed by atoms with Crippen molar-refractivity contribution in [3.05, 3.63) is 28.2 Å². The SMILES string of the molecule is CCOC(=O)NC(C(=O)N1CCN(S(=O)(=O)c2c(Cl)cccc2Cl)CC1)C(C)C. The molecule has 162 valence electrons. The van der Waals surface area contributed by atoms with E-state index >= 15 is 0 Å². The van der Waals surface area contributed by atoms with Crippen LogP contribution in [-0.2, 0) is 19.6 Å². The summed E-state index contributed by atoms with van der Waals surface area (Å²) < 4.78 is 32.0. The van der Waals surface area contributed by atoms with Crippen molar-refractivity contribution in [1.29, 1.82) is 0 Å². The van der Waals surface area contributed by atoms with Crippen molar-refractivity contribution < 1.29 is 22.7 Å². The van der Waals surface area contributed by atoms with Crippen molar-refractivity contribution in [2.75, 3.05) is 32.8 Å². The van der Waals surface area contributed by atoms with Gasteiger partial charge >= 0.3 is 6.09 Å². The molecule has 1 aromatic carbocycles. The Hall–Kier alpha value is -1.55. The minimum absolute atomic E-state index is 0.0505. The van der Waals surface area contributed by atoms with Crippen LogP contribution >= 0.6 is 23.2 Å². The van der Waals surface area contributed by atoms with Crippen LogP contribution in [0.4, 0.5) is 4.79 Å². The van der Waals surface area contributed by atoms with Crippen LogP contribution in [0, 0.1) is 5.92 Å². The monoisotopic (exact) mass is 465 g/mol. The molecule has 1 aliphatic rings. The van der Waals surface area contributed by atoms with Gasteiger partial charge in [-0.15, -0.1) is 0 Å². The van der Waals surface area contributed by atoms with E-state index in [1.807, 2.05) is 13.8 Å². The van der Waals surface area contributed by atoms with Gasteiger partial charge in [-0.3, -0.25) is 4.79 Å². The van der Waals surface area contributed by atoms with E-state index in [1.165, 1.54) is 21.3 Å². The predicted molar refractivity (Wildman–Crippen MR) is 111 cm³/mol. The van der Waals surface area contributed by atoms with E-state index in [9.17, 15) is 18.0 Å². The second-order valence-electron chi connectivity index (χ2n) is 6.87. The van der Waals surface area contributed by atoms with Crippen molar-refractivity contribution >= 4 is 45.2 Å². The van der Waals surface area contributed by atoms with Gasteiger partial charge in [-0.1, -0.05) is 43.1 Å². The molecule has 1 heterocycles. The molecule has 1 aromatic rings. The Labute approximate surface area is 181 Å². The van der Waals surface area contributed by atoms with Crippen LogP contribution in [0.3, 0.4) is 0 Å². The summed E-state index contributed by atoms with van der Waals surface area (Å²) in [7, 11) is -3.89. The summed E-state index contributed by atoms with van der Waals surface area (Å²) in [6.45, 7) is 6.08. The van der Waals surface area contributed by atoms with Crippen LogP contribution in [0.2, 0.25) is 10.0 Å². The zero-order valence-electron chi connectivity index (χ0n) is 16.5. The Morgan fingerprint density at radius 2 is 1.69 bits per heavy atom. The minimum atomic E-state index is -3.89. The summed E-state index contributed by atoms with van der Waals surface area (Å²) in [5.74, 6) is -0.434. The standard InChI is InChI=1S/C18H25Cl2N3O5S/c1-4-28-18(25)21-15(12(2)3)17(24)22-8-10-23(11-9-22)29(26,27)16-13(19)6-5-7-14(16)20/h5-7,12,15H,4,8-11H2,1-3H3,(H,21,25). The van der Waals surface area contributed by atoms with E-state index in [-0.39, 0.29) is 59.6 Å². The van der Waals surface area contributed by atoms with Crippen molar-refractivity contribution in [3.8, 4) is 0 Å². The fourth-order valence-corrected chi connectivity index (χ4v) is 5.53. The van der Waals surface area contributed by atoms with Gasteiger partial charge in [0.05, 0.1) is 16.7 Å². The number of ether oxygens (including phenoxy) is 1. The maximum absolute atomic E-state index is 12.9.